The van der Waals surface area contributed by atoms with E-state index in [1.807, 2.05) is 0 Å². The van der Waals surface area contributed by atoms with Crippen molar-refractivity contribution < 1.29 is 20.1 Å². The summed E-state index contributed by atoms with van der Waals surface area (Å²) < 4.78 is 5.35. The van der Waals surface area contributed by atoms with Gasteiger partial charge in [0.1, 0.15) is 0 Å². The molecule has 1 rings (SSSR count). The van der Waals surface area contributed by atoms with Gasteiger partial charge in [0.25, 0.3) is 0 Å². The Hall–Kier alpha value is -1.46. The Morgan fingerprint density at radius 3 is 2.26 bits per heavy atom. The maximum atomic E-state index is 9.82. The van der Waals surface area contributed by atoms with Crippen molar-refractivity contribution in [2.24, 2.45) is 5.73 Å². The van der Waals surface area contributed by atoms with Crippen molar-refractivity contribution in [2.75, 3.05) is 6.61 Å². The number of aliphatic hydroxyl groups excluding tert-OH is 1. The van der Waals surface area contributed by atoms with E-state index in [1.165, 1.54) is 12.1 Å². The summed E-state index contributed by atoms with van der Waals surface area (Å²) in [6.07, 6.45) is 2.02. The van der Waals surface area contributed by atoms with Crippen LogP contribution in [0.15, 0.2) is 12.1 Å². The van der Waals surface area contributed by atoms with Gasteiger partial charge < -0.3 is 25.8 Å². The second-order valence-corrected chi connectivity index (χ2v) is 4.75. The fourth-order valence-corrected chi connectivity index (χ4v) is 1.77. The number of phenols is 2. The van der Waals surface area contributed by atoms with Gasteiger partial charge in [0, 0.05) is 6.04 Å². The van der Waals surface area contributed by atoms with Gasteiger partial charge in [-0.3, -0.25) is 0 Å². The van der Waals surface area contributed by atoms with Gasteiger partial charge in [0.2, 0.25) is 5.75 Å². The lowest BCUT2D eigenvalue weighted by atomic mass is 10.0. The number of aromatic hydroxyl groups is 2. The summed E-state index contributed by atoms with van der Waals surface area (Å²) in [4.78, 5) is 0. The molecule has 2 unspecified atom stereocenters. The zero-order chi connectivity index (χ0) is 14.4. The van der Waals surface area contributed by atoms with E-state index in [2.05, 4.69) is 6.92 Å². The Balaban J connectivity index is 2.79. The van der Waals surface area contributed by atoms with Crippen molar-refractivity contribution >= 4 is 0 Å². The molecule has 0 radical (unpaired) electrons. The number of ether oxygens (including phenoxy) is 1. The molecule has 1 aromatic rings. The van der Waals surface area contributed by atoms with Crippen molar-refractivity contribution in [3.05, 3.63) is 17.7 Å². The van der Waals surface area contributed by atoms with Gasteiger partial charge in [0.05, 0.1) is 12.7 Å². The van der Waals surface area contributed by atoms with Crippen LogP contribution < -0.4 is 10.5 Å². The molecule has 0 spiro atoms. The summed E-state index contributed by atoms with van der Waals surface area (Å²) in [6.45, 7) is 4.16. The fourth-order valence-electron chi connectivity index (χ4n) is 1.77. The van der Waals surface area contributed by atoms with Crippen molar-refractivity contribution in [2.45, 2.75) is 45.3 Å². The SMILES string of the molecule is CCCCCOc1c(O)cc(C(O)C(C)N)cc1O. The summed E-state index contributed by atoms with van der Waals surface area (Å²) in [7, 11) is 0. The van der Waals surface area contributed by atoms with E-state index < -0.39 is 12.1 Å². The highest BCUT2D eigenvalue weighted by molar-refractivity contribution is 5.52. The van der Waals surface area contributed by atoms with Crippen LogP contribution in [-0.2, 0) is 0 Å². The average Bonchev–Trinajstić information content (AvgIpc) is 2.35. The molecule has 19 heavy (non-hydrogen) atoms. The molecule has 2 atom stereocenters. The van der Waals surface area contributed by atoms with E-state index in [9.17, 15) is 15.3 Å². The van der Waals surface area contributed by atoms with Crippen LogP contribution in [0.5, 0.6) is 17.2 Å². The van der Waals surface area contributed by atoms with Crippen LogP contribution in [0, 0.1) is 0 Å². The van der Waals surface area contributed by atoms with Crippen LogP contribution >= 0.6 is 0 Å². The highest BCUT2D eigenvalue weighted by atomic mass is 16.5. The number of rotatable bonds is 7. The molecule has 0 fully saturated rings. The number of hydrogen-bond acceptors (Lipinski definition) is 5. The van der Waals surface area contributed by atoms with Crippen LogP contribution in [0.4, 0.5) is 0 Å². The molecule has 0 aliphatic rings. The van der Waals surface area contributed by atoms with Gasteiger partial charge in [-0.05, 0) is 31.0 Å². The Morgan fingerprint density at radius 1 is 1.21 bits per heavy atom. The zero-order valence-electron chi connectivity index (χ0n) is 11.5. The van der Waals surface area contributed by atoms with E-state index in [1.54, 1.807) is 6.92 Å². The first kappa shape index (κ1) is 15.6. The average molecular weight is 269 g/mol. The molecule has 5 heteroatoms. The predicted octanol–water partition coefficient (Wildman–Crippen LogP) is 2.05. The molecule has 0 amide bonds. The molecule has 0 heterocycles. The van der Waals surface area contributed by atoms with Crippen molar-refractivity contribution in [3.8, 4) is 17.2 Å². The van der Waals surface area contributed by atoms with Gasteiger partial charge in [-0.25, -0.2) is 0 Å². The molecule has 0 aliphatic carbocycles. The molecule has 0 aliphatic heterocycles. The van der Waals surface area contributed by atoms with Crippen LogP contribution in [0.1, 0.15) is 44.8 Å². The number of nitrogens with two attached hydrogens (primary N) is 1. The predicted molar refractivity (Wildman–Crippen MR) is 73.4 cm³/mol. The summed E-state index contributed by atoms with van der Waals surface area (Å²) in [6, 6.07) is 2.24. The first-order chi connectivity index (χ1) is 8.97. The number of phenolic OH excluding ortho intramolecular Hbond substituents is 2. The van der Waals surface area contributed by atoms with Gasteiger partial charge in [-0.2, -0.15) is 0 Å². The maximum absolute atomic E-state index is 9.82. The topological polar surface area (TPSA) is 95.9 Å². The maximum Gasteiger partial charge on any atom is 0.203 e. The van der Waals surface area contributed by atoms with Crippen molar-refractivity contribution in [3.63, 3.8) is 0 Å². The smallest absolute Gasteiger partial charge is 0.203 e. The van der Waals surface area contributed by atoms with Crippen LogP contribution in [0.3, 0.4) is 0 Å². The fraction of sp³-hybridized carbons (Fsp3) is 0.571. The van der Waals surface area contributed by atoms with E-state index in [0.717, 1.165) is 19.3 Å². The second-order valence-electron chi connectivity index (χ2n) is 4.75. The molecule has 1 aromatic carbocycles. The minimum Gasteiger partial charge on any atom is -0.504 e. The third kappa shape index (κ3) is 4.29. The molecular weight excluding hydrogens is 246 g/mol. The summed E-state index contributed by atoms with van der Waals surface area (Å²) in [5.74, 6) is -0.325. The molecule has 0 aromatic heterocycles. The largest absolute Gasteiger partial charge is 0.504 e. The van der Waals surface area contributed by atoms with E-state index in [-0.39, 0.29) is 17.2 Å². The van der Waals surface area contributed by atoms with Crippen LogP contribution in [0.2, 0.25) is 0 Å². The van der Waals surface area contributed by atoms with Gasteiger partial charge in [-0.1, -0.05) is 19.8 Å². The Labute approximate surface area is 113 Å². The van der Waals surface area contributed by atoms with E-state index in [0.29, 0.717) is 12.2 Å². The van der Waals surface area contributed by atoms with Gasteiger partial charge >= 0.3 is 0 Å². The lowest BCUT2D eigenvalue weighted by Crippen LogP contribution is -2.24. The standard InChI is InChI=1S/C14H23NO4/c1-3-4-5-6-19-14-11(16)7-10(8-12(14)17)13(18)9(2)15/h7-9,13,16-18H,3-6,15H2,1-2H3. The Kier molecular flexibility index (Phi) is 5.92. The summed E-state index contributed by atoms with van der Waals surface area (Å²) >= 11 is 0. The van der Waals surface area contributed by atoms with Crippen molar-refractivity contribution in [1.82, 2.24) is 0 Å². The lowest BCUT2D eigenvalue weighted by molar-refractivity contribution is 0.152. The summed E-state index contributed by atoms with van der Waals surface area (Å²) in [5.41, 5.74) is 5.94. The number of benzene rings is 1. The first-order valence-electron chi connectivity index (χ1n) is 6.59. The first-order valence-corrected chi connectivity index (χ1v) is 6.59. The third-order valence-corrected chi connectivity index (χ3v) is 2.91. The van der Waals surface area contributed by atoms with Gasteiger partial charge in [-0.15, -0.1) is 0 Å². The van der Waals surface area contributed by atoms with Crippen LogP contribution in [0.25, 0.3) is 0 Å². The number of hydrogen-bond donors (Lipinski definition) is 4. The molecular formula is C14H23NO4. The molecule has 5 N–H and O–H groups in total. The Bertz CT molecular complexity index is 383. The quantitative estimate of drug-likeness (QED) is 0.568. The van der Waals surface area contributed by atoms with Gasteiger partial charge in [0.15, 0.2) is 11.5 Å². The van der Waals surface area contributed by atoms with Crippen molar-refractivity contribution in [1.29, 1.82) is 0 Å². The summed E-state index contributed by atoms with van der Waals surface area (Å²) in [5, 5.41) is 29.4. The molecule has 0 bridgehead atoms. The zero-order valence-corrected chi connectivity index (χ0v) is 11.5. The highest BCUT2D eigenvalue weighted by Gasteiger charge is 2.18. The van der Waals surface area contributed by atoms with E-state index >= 15 is 0 Å². The molecule has 5 nitrogen and oxygen atoms in total. The monoisotopic (exact) mass is 269 g/mol. The highest BCUT2D eigenvalue weighted by Crippen LogP contribution is 2.39. The normalized spacial score (nSPS) is 14.1. The second kappa shape index (κ2) is 7.21. The molecule has 0 saturated heterocycles. The molecule has 108 valence electrons. The van der Waals surface area contributed by atoms with E-state index in [4.69, 9.17) is 10.5 Å². The third-order valence-electron chi connectivity index (χ3n) is 2.91. The number of unbranched alkanes of at least 4 members (excludes halogenated alkanes) is 2. The minimum atomic E-state index is -0.939. The van der Waals surface area contributed by atoms with Crippen LogP contribution in [-0.4, -0.2) is 28.0 Å². The minimum absolute atomic E-state index is 0.0525. The molecule has 0 saturated carbocycles. The lowest BCUT2D eigenvalue weighted by Gasteiger charge is -2.17. The number of aliphatic hydroxyl groups is 1. The Morgan fingerprint density at radius 2 is 1.79 bits per heavy atom.